The van der Waals surface area contributed by atoms with Crippen molar-refractivity contribution in [2.45, 2.75) is 11.3 Å². The second kappa shape index (κ2) is 5.45. The summed E-state index contributed by atoms with van der Waals surface area (Å²) < 4.78 is 15.3. The van der Waals surface area contributed by atoms with Crippen LogP contribution in [0.3, 0.4) is 0 Å². The minimum absolute atomic E-state index is 0.305. The average Bonchev–Trinajstić information content (AvgIpc) is 2.28. The van der Waals surface area contributed by atoms with E-state index in [-0.39, 0.29) is 6.67 Å². The molecular formula is C10H11Cl2FN2S. The average molecular weight is 281 g/mol. The molecule has 1 aliphatic heterocycles. The normalized spacial score (nSPS) is 15.1. The molecule has 0 aliphatic carbocycles. The molecule has 16 heavy (non-hydrogen) atoms. The van der Waals surface area contributed by atoms with Gasteiger partial charge in [-0.3, -0.25) is 4.39 Å². The van der Waals surface area contributed by atoms with E-state index in [0.717, 1.165) is 10.6 Å². The van der Waals surface area contributed by atoms with Crippen LogP contribution in [-0.4, -0.2) is 19.9 Å². The molecule has 0 saturated heterocycles. The van der Waals surface area contributed by atoms with E-state index in [9.17, 15) is 4.39 Å². The Balaban J connectivity index is 2.27. The van der Waals surface area contributed by atoms with Crippen LogP contribution in [0.5, 0.6) is 0 Å². The molecule has 0 unspecified atom stereocenters. The summed E-state index contributed by atoms with van der Waals surface area (Å²) in [4.78, 5) is 3.09. The van der Waals surface area contributed by atoms with Crippen molar-refractivity contribution in [2.24, 2.45) is 0 Å². The molecular weight excluding hydrogens is 270 g/mol. The fourth-order valence-corrected chi connectivity index (χ4v) is 2.80. The summed E-state index contributed by atoms with van der Waals surface area (Å²) in [5.74, 6) is 0. The second-order valence-corrected chi connectivity index (χ2v) is 5.19. The first-order valence-corrected chi connectivity index (χ1v) is 6.49. The fraction of sp³-hybridized carbons (Fsp3) is 0.400. The van der Waals surface area contributed by atoms with Crippen LogP contribution in [0, 0.1) is 0 Å². The Morgan fingerprint density at radius 3 is 2.88 bits per heavy atom. The Morgan fingerprint density at radius 2 is 2.12 bits per heavy atom. The minimum Gasteiger partial charge on any atom is -0.357 e. The maximum atomic E-state index is 12.2. The number of hydrogen-bond acceptors (Lipinski definition) is 3. The maximum Gasteiger partial charge on any atom is 0.0911 e. The van der Waals surface area contributed by atoms with Crippen LogP contribution in [0.25, 0.3) is 0 Å². The smallest absolute Gasteiger partial charge is 0.0911 e. The van der Waals surface area contributed by atoms with Crippen molar-refractivity contribution in [2.75, 3.05) is 24.8 Å². The SMILES string of the molecule is FCCCN1CNSc2cc(Cl)c(Cl)cc21. The van der Waals surface area contributed by atoms with Gasteiger partial charge in [0.1, 0.15) is 0 Å². The van der Waals surface area contributed by atoms with Gasteiger partial charge >= 0.3 is 0 Å². The third-order valence-corrected chi connectivity index (χ3v) is 3.88. The summed E-state index contributed by atoms with van der Waals surface area (Å²) in [7, 11) is 0. The van der Waals surface area contributed by atoms with Crippen LogP contribution in [0.2, 0.25) is 10.0 Å². The van der Waals surface area contributed by atoms with Crippen molar-refractivity contribution in [3.63, 3.8) is 0 Å². The molecule has 2 rings (SSSR count). The molecule has 0 radical (unpaired) electrons. The molecule has 2 nitrogen and oxygen atoms in total. The zero-order valence-electron chi connectivity index (χ0n) is 8.47. The number of halogens is 3. The van der Waals surface area contributed by atoms with Gasteiger partial charge in [0.05, 0.1) is 29.1 Å². The van der Waals surface area contributed by atoms with Crippen LogP contribution in [0.15, 0.2) is 17.0 Å². The van der Waals surface area contributed by atoms with Crippen molar-refractivity contribution in [1.82, 2.24) is 4.72 Å². The summed E-state index contributed by atoms with van der Waals surface area (Å²) in [6.45, 7) is 1.06. The topological polar surface area (TPSA) is 15.3 Å². The highest BCUT2D eigenvalue weighted by Crippen LogP contribution is 2.38. The number of benzene rings is 1. The molecule has 1 aliphatic rings. The molecule has 1 aromatic carbocycles. The zero-order chi connectivity index (χ0) is 11.5. The quantitative estimate of drug-likeness (QED) is 0.850. The lowest BCUT2D eigenvalue weighted by molar-refractivity contribution is 0.470. The Labute approximate surface area is 108 Å². The summed E-state index contributed by atoms with van der Waals surface area (Å²) in [5.41, 5.74) is 1.02. The minimum atomic E-state index is -0.305. The molecule has 6 heteroatoms. The van der Waals surface area contributed by atoms with E-state index in [1.165, 1.54) is 11.9 Å². The van der Waals surface area contributed by atoms with Gasteiger partial charge in [-0.25, -0.2) is 4.72 Å². The highest BCUT2D eigenvalue weighted by molar-refractivity contribution is 7.97. The van der Waals surface area contributed by atoms with E-state index < -0.39 is 0 Å². The monoisotopic (exact) mass is 280 g/mol. The van der Waals surface area contributed by atoms with Gasteiger partial charge in [0.25, 0.3) is 0 Å². The first-order valence-electron chi connectivity index (χ1n) is 4.92. The first-order chi connectivity index (χ1) is 7.72. The second-order valence-electron chi connectivity index (χ2n) is 3.44. The molecule has 0 spiro atoms. The number of fused-ring (bicyclic) bond motifs is 1. The van der Waals surface area contributed by atoms with Gasteiger partial charge in [-0.15, -0.1) is 0 Å². The summed E-state index contributed by atoms with van der Waals surface area (Å²) in [5, 5.41) is 1.08. The van der Waals surface area contributed by atoms with Crippen molar-refractivity contribution in [3.05, 3.63) is 22.2 Å². The largest absolute Gasteiger partial charge is 0.357 e. The molecule has 88 valence electrons. The zero-order valence-corrected chi connectivity index (χ0v) is 10.8. The number of alkyl halides is 1. The fourth-order valence-electron chi connectivity index (χ4n) is 1.57. The molecule has 0 bridgehead atoms. The highest BCUT2D eigenvalue weighted by Gasteiger charge is 2.18. The molecule has 0 saturated carbocycles. The summed E-state index contributed by atoms with van der Waals surface area (Å²) in [6, 6.07) is 3.67. The number of rotatable bonds is 3. The number of anilines is 1. The third-order valence-electron chi connectivity index (χ3n) is 2.34. The van der Waals surface area contributed by atoms with Crippen LogP contribution < -0.4 is 9.62 Å². The van der Waals surface area contributed by atoms with E-state index in [2.05, 4.69) is 9.62 Å². The molecule has 0 fully saturated rings. The van der Waals surface area contributed by atoms with E-state index in [4.69, 9.17) is 23.2 Å². The van der Waals surface area contributed by atoms with Crippen LogP contribution >= 0.6 is 35.1 Å². The van der Waals surface area contributed by atoms with Crippen molar-refractivity contribution < 1.29 is 4.39 Å². The van der Waals surface area contributed by atoms with E-state index in [0.29, 0.717) is 29.7 Å². The lowest BCUT2D eigenvalue weighted by Crippen LogP contribution is -2.35. The van der Waals surface area contributed by atoms with Crippen LogP contribution in [0.1, 0.15) is 6.42 Å². The molecule has 0 amide bonds. The van der Waals surface area contributed by atoms with Crippen LogP contribution in [-0.2, 0) is 0 Å². The molecule has 0 atom stereocenters. The number of hydrogen-bond donors (Lipinski definition) is 1. The molecule has 1 N–H and O–H groups in total. The van der Waals surface area contributed by atoms with Crippen molar-refractivity contribution in [3.8, 4) is 0 Å². The summed E-state index contributed by atoms with van der Waals surface area (Å²) in [6.07, 6.45) is 0.520. The molecule has 1 aromatic rings. The highest BCUT2D eigenvalue weighted by atomic mass is 35.5. The van der Waals surface area contributed by atoms with Gasteiger partial charge in [-0.05, 0) is 30.5 Å². The maximum absolute atomic E-state index is 12.2. The Kier molecular flexibility index (Phi) is 4.19. The van der Waals surface area contributed by atoms with Gasteiger partial charge in [0.15, 0.2) is 0 Å². The van der Waals surface area contributed by atoms with Gasteiger partial charge in [-0.2, -0.15) is 0 Å². The molecule has 1 heterocycles. The van der Waals surface area contributed by atoms with E-state index in [1.807, 2.05) is 12.1 Å². The third kappa shape index (κ3) is 2.56. The Bertz CT molecular complexity index is 389. The van der Waals surface area contributed by atoms with E-state index >= 15 is 0 Å². The Morgan fingerprint density at radius 1 is 1.38 bits per heavy atom. The first kappa shape index (κ1) is 12.3. The standard InChI is InChI=1S/C10H11Cl2FN2S/c11-7-4-9-10(5-8(7)12)16-14-6-15(9)3-1-2-13/h4-5,14H,1-3,6H2. The lowest BCUT2D eigenvalue weighted by Gasteiger charge is -2.31. The number of nitrogens with zero attached hydrogens (tertiary/aromatic N) is 1. The van der Waals surface area contributed by atoms with Gasteiger partial charge in [0.2, 0.25) is 0 Å². The van der Waals surface area contributed by atoms with Gasteiger partial charge < -0.3 is 4.90 Å². The van der Waals surface area contributed by atoms with Crippen LogP contribution in [0.4, 0.5) is 10.1 Å². The van der Waals surface area contributed by atoms with E-state index in [1.54, 1.807) is 0 Å². The molecule has 0 aromatic heterocycles. The number of nitrogens with one attached hydrogen (secondary N) is 1. The summed E-state index contributed by atoms with van der Waals surface area (Å²) >= 11 is 13.4. The van der Waals surface area contributed by atoms with Gasteiger partial charge in [-0.1, -0.05) is 23.2 Å². The van der Waals surface area contributed by atoms with Crippen molar-refractivity contribution >= 4 is 40.8 Å². The predicted molar refractivity (Wildman–Crippen MR) is 68.3 cm³/mol. The lowest BCUT2D eigenvalue weighted by atomic mass is 10.2. The predicted octanol–water partition coefficient (Wildman–Crippen LogP) is 3.73. The Hall–Kier alpha value is -0.160. The van der Waals surface area contributed by atoms with Gasteiger partial charge in [0, 0.05) is 11.4 Å². The van der Waals surface area contributed by atoms with Crippen molar-refractivity contribution in [1.29, 1.82) is 0 Å².